The predicted molar refractivity (Wildman–Crippen MR) is 411 cm³/mol. The summed E-state index contributed by atoms with van der Waals surface area (Å²) in [7, 11) is 9.74. The fraction of sp³-hybridized carbons (Fsp3) is 0.815. The largest absolute Gasteiger partial charge is 0.385 e. The van der Waals surface area contributed by atoms with Crippen molar-refractivity contribution in [3.63, 3.8) is 0 Å². The summed E-state index contributed by atoms with van der Waals surface area (Å²) < 4.78 is 19.6. The third-order valence-corrected chi connectivity index (χ3v) is 16.3. The van der Waals surface area contributed by atoms with Gasteiger partial charge in [0, 0.05) is 171 Å². The number of carbonyl (C=O) groups is 12. The van der Waals surface area contributed by atoms with Crippen molar-refractivity contribution < 1.29 is 81.3 Å². The van der Waals surface area contributed by atoms with Crippen LogP contribution in [0.2, 0.25) is 0 Å². The molecule has 0 aromatic heterocycles. The van der Waals surface area contributed by atoms with Gasteiger partial charge in [-0.25, -0.2) is 4.79 Å². The fourth-order valence-electron chi connectivity index (χ4n) is 5.85. The molecule has 98 heavy (non-hydrogen) atoms. The van der Waals surface area contributed by atoms with E-state index in [1.54, 1.807) is 42.5 Å². The number of imide groups is 1. The van der Waals surface area contributed by atoms with Gasteiger partial charge in [-0.3, -0.25) is 52.7 Å². The van der Waals surface area contributed by atoms with Crippen LogP contribution in [0.4, 0.5) is 0 Å². The van der Waals surface area contributed by atoms with Crippen molar-refractivity contribution in [3.8, 4) is 0 Å². The minimum Gasteiger partial charge on any atom is -0.385 e. The topological polar surface area (TPSA) is 362 Å². The maximum absolute atomic E-state index is 11.5. The number of amides is 11. The molecule has 11 amide bonds. The molecule has 0 atom stereocenters. The van der Waals surface area contributed by atoms with E-state index in [1.165, 1.54) is 37.4 Å². The molecule has 0 saturated carbocycles. The van der Waals surface area contributed by atoms with Gasteiger partial charge in [-0.15, -0.1) is 5.06 Å². The van der Waals surface area contributed by atoms with E-state index in [4.69, 9.17) is 18.9 Å². The van der Waals surface area contributed by atoms with Crippen molar-refractivity contribution in [3.05, 3.63) is 0 Å². The van der Waals surface area contributed by atoms with E-state index in [0.717, 1.165) is 79.5 Å². The molecule has 1 heterocycles. The number of carbonyl (C=O) groups excluding carboxylic acids is 12. The Morgan fingerprint density at radius 2 is 0.714 bits per heavy atom. The van der Waals surface area contributed by atoms with Crippen LogP contribution >= 0.6 is 79.8 Å². The second-order valence-electron chi connectivity index (χ2n) is 19.9. The Morgan fingerprint density at radius 3 is 1.01 bits per heavy atom. The zero-order valence-corrected chi connectivity index (χ0v) is 67.1. The zero-order chi connectivity index (χ0) is 74.8. The van der Waals surface area contributed by atoms with Gasteiger partial charge in [-0.1, -0.05) is 107 Å². The lowest BCUT2D eigenvalue weighted by Gasteiger charge is -2.12. The second-order valence-corrected chi connectivity index (χ2v) is 25.1. The maximum Gasteiger partial charge on any atom is 0.334 e. The molecular formula is C65H130Br2N10O17S4. The van der Waals surface area contributed by atoms with Crippen LogP contribution in [0.5, 0.6) is 0 Å². The fourth-order valence-corrected chi connectivity index (χ4v) is 9.30. The number of alkyl halides is 2. The number of hydrogen-bond donors (Lipinski definition) is 10. The quantitative estimate of drug-likeness (QED) is 0.00930. The molecular weight excluding hydrogens is 1480 g/mol. The normalized spacial score (nSPS) is 10.5. The summed E-state index contributed by atoms with van der Waals surface area (Å²) in [6, 6.07) is 0. The molecule has 1 fully saturated rings. The molecule has 0 aromatic rings. The van der Waals surface area contributed by atoms with Crippen molar-refractivity contribution >= 4 is 151 Å². The van der Waals surface area contributed by atoms with Gasteiger partial charge in [-0.2, -0.15) is 47.9 Å². The lowest BCUT2D eigenvalue weighted by atomic mass is 10.3. The van der Waals surface area contributed by atoms with E-state index in [9.17, 15) is 57.5 Å². The Balaban J connectivity index is -0.000000170. The van der Waals surface area contributed by atoms with Crippen molar-refractivity contribution in [2.75, 3.05) is 159 Å². The number of thioether (sulfide) groups is 3. The first-order chi connectivity index (χ1) is 46.7. The number of nitrogens with zero attached hydrogens (tertiary/aromatic N) is 1. The molecule has 0 bridgehead atoms. The number of unbranched alkanes of at least 4 members (excludes halogenated alkanes) is 2. The highest BCUT2D eigenvalue weighted by Gasteiger charge is 2.32. The van der Waals surface area contributed by atoms with Crippen LogP contribution in [-0.2, 0) is 81.3 Å². The summed E-state index contributed by atoms with van der Waals surface area (Å²) >= 11 is 15.1. The average molecular weight is 1610 g/mol. The summed E-state index contributed by atoms with van der Waals surface area (Å²) in [5, 5.41) is 25.9. The van der Waals surface area contributed by atoms with Crippen LogP contribution in [0.1, 0.15) is 184 Å². The predicted octanol–water partition coefficient (Wildman–Crippen LogP) is 7.43. The highest BCUT2D eigenvalue weighted by molar-refractivity contribution is 9.09. The highest BCUT2D eigenvalue weighted by Crippen LogP contribution is 2.15. The van der Waals surface area contributed by atoms with Crippen LogP contribution < -0.4 is 47.9 Å². The van der Waals surface area contributed by atoms with E-state index in [1.807, 2.05) is 37.4 Å². The molecule has 1 saturated heterocycles. The number of ether oxygens (including phenoxy) is 4. The van der Waals surface area contributed by atoms with E-state index in [-0.39, 0.29) is 103 Å². The molecule has 1 aliphatic rings. The molecule has 0 aliphatic carbocycles. The molecule has 1 aliphatic heterocycles. The first-order valence-electron chi connectivity index (χ1n) is 33.4. The highest BCUT2D eigenvalue weighted by atomic mass is 79.9. The van der Waals surface area contributed by atoms with Gasteiger partial charge in [0.1, 0.15) is 0 Å². The number of hydrogen-bond acceptors (Lipinski definition) is 21. The van der Waals surface area contributed by atoms with Crippen LogP contribution in [0.15, 0.2) is 0 Å². The summed E-state index contributed by atoms with van der Waals surface area (Å²) in [4.78, 5) is 138. The summed E-state index contributed by atoms with van der Waals surface area (Å²) in [6.07, 6.45) is 15.0. The van der Waals surface area contributed by atoms with Gasteiger partial charge in [0.05, 0.1) is 22.8 Å². The first kappa shape index (κ1) is 110. The second kappa shape index (κ2) is 93.0. The SMILES string of the molecule is C.CC.CCCC.CCCC.CNC(=O)CCNC(=O)CBr.CNC(=O)CCNC(=O)CSCCCC(=O)NCCCOC.COCCCNC(=O)CCCS.COCCCNC(=O)CCCSCSCCCC(=O)NCCCOC.O=C(CBr)NCCC(=O)ON1C(=O)CCC1=O. The van der Waals surface area contributed by atoms with Crippen molar-refractivity contribution in [2.45, 2.75) is 184 Å². The molecule has 0 radical (unpaired) electrons. The summed E-state index contributed by atoms with van der Waals surface area (Å²) in [5.74, 6) is 1.89. The zero-order valence-electron chi connectivity index (χ0n) is 60.6. The Hall–Kier alpha value is -3.96. The van der Waals surface area contributed by atoms with Crippen LogP contribution in [-0.4, -0.2) is 235 Å². The Morgan fingerprint density at radius 1 is 0.418 bits per heavy atom. The van der Waals surface area contributed by atoms with Gasteiger partial charge in [-0.05, 0) is 74.4 Å². The average Bonchev–Trinajstić information content (AvgIpc) is 1.76. The van der Waals surface area contributed by atoms with Crippen molar-refractivity contribution in [1.82, 2.24) is 52.9 Å². The smallest absolute Gasteiger partial charge is 0.334 e. The molecule has 580 valence electrons. The number of rotatable bonds is 49. The standard InChI is InChI=1S/C17H34N2O4S2.C14H27N3O4S.C9H11BrN2O5.C8H17NO2S.C6H11BrN2O2.2C4H10.C2H6.CH4/c1-22-11-5-9-18-16(20)7-3-13-24-15-25-14-4-8-17(21)19-10-6-12-23-2;1-15-12(18)6-8-17-14(20)11-22-10-3-5-13(19)16-7-4-9-21-2;10-5-6(13)11-4-3-9(16)17-12-7(14)1-2-8(12)15;1-11-6-3-5-9-8(10)4-2-7-12;1-8-5(10)2-3-9-6(11)4-7;2*1-3-4-2;1-2;/h3-15H2,1-2H3,(H,18,20)(H,19,21);3-11H2,1-2H3,(H,15,18)(H,16,19)(H,17,20);1-5H2,(H,11,13);12H,2-7H2,1H3,(H,9,10);2-4H2,1H3,(H,8,10)(H,9,11);2*3-4H2,1-2H3;1-2H3;1H4. The van der Waals surface area contributed by atoms with Crippen LogP contribution in [0, 0.1) is 0 Å². The van der Waals surface area contributed by atoms with Gasteiger partial charge in [0.25, 0.3) is 11.8 Å². The molecule has 1 rings (SSSR count). The minimum atomic E-state index is -0.733. The Bertz CT molecular complexity index is 1890. The molecule has 0 unspecified atom stereocenters. The van der Waals surface area contributed by atoms with Gasteiger partial charge in [0.2, 0.25) is 53.2 Å². The first-order valence-corrected chi connectivity index (χ1v) is 39.8. The molecule has 27 nitrogen and oxygen atoms in total. The van der Waals surface area contributed by atoms with E-state index in [0.29, 0.717) is 109 Å². The number of hydroxylamine groups is 2. The maximum atomic E-state index is 11.5. The lowest BCUT2D eigenvalue weighted by Crippen LogP contribution is -2.34. The van der Waals surface area contributed by atoms with Crippen molar-refractivity contribution in [1.29, 1.82) is 0 Å². The molecule has 0 aromatic carbocycles. The van der Waals surface area contributed by atoms with Crippen LogP contribution in [0.3, 0.4) is 0 Å². The summed E-state index contributed by atoms with van der Waals surface area (Å²) in [5.41, 5.74) is 0. The lowest BCUT2D eigenvalue weighted by molar-refractivity contribution is -0.197. The minimum absolute atomic E-state index is 0. The molecule has 0 spiro atoms. The Labute approximate surface area is 624 Å². The third kappa shape index (κ3) is 96.2. The van der Waals surface area contributed by atoms with Gasteiger partial charge < -0.3 is 71.6 Å². The van der Waals surface area contributed by atoms with Crippen LogP contribution in [0.25, 0.3) is 0 Å². The number of halogens is 2. The molecule has 33 heteroatoms. The number of methoxy groups -OCH3 is 4. The third-order valence-electron chi connectivity index (χ3n) is 11.4. The van der Waals surface area contributed by atoms with Crippen molar-refractivity contribution in [2.24, 2.45) is 0 Å². The summed E-state index contributed by atoms with van der Waals surface area (Å²) in [6.45, 7) is 19.0. The number of nitrogens with one attached hydrogen (secondary N) is 9. The van der Waals surface area contributed by atoms with E-state index >= 15 is 0 Å². The number of thiol groups is 1. The van der Waals surface area contributed by atoms with E-state index in [2.05, 4.69) is 125 Å². The monoisotopic (exact) mass is 1610 g/mol. The van der Waals surface area contributed by atoms with Gasteiger partial charge in [0.15, 0.2) is 0 Å². The molecule has 9 N–H and O–H groups in total. The van der Waals surface area contributed by atoms with E-state index < -0.39 is 17.8 Å². The Kier molecular flexibility index (Phi) is 104. The van der Waals surface area contributed by atoms with Gasteiger partial charge >= 0.3 is 5.97 Å².